The fourth-order valence-corrected chi connectivity index (χ4v) is 1.39. The molecule has 0 saturated heterocycles. The fraction of sp³-hybridized carbons (Fsp3) is 0.0714. The Balaban J connectivity index is 2.21. The normalized spacial score (nSPS) is 9.38. The van der Waals surface area contributed by atoms with Gasteiger partial charge < -0.3 is 0 Å². The molecule has 1 aromatic carbocycles. The summed E-state index contributed by atoms with van der Waals surface area (Å²) in [7, 11) is 1.98. The molecular weight excluding hydrogens is 218 g/mol. The lowest BCUT2D eigenvalue weighted by atomic mass is 10.2. The molecule has 1 aromatic heterocycles. The van der Waals surface area contributed by atoms with E-state index < -0.39 is 0 Å². The van der Waals surface area contributed by atoms with E-state index in [1.54, 1.807) is 0 Å². The molecule has 1 nitrogen and oxygen atoms in total. The zero-order chi connectivity index (χ0) is 11.4. The Hall–Kier alpha value is -1.78. The van der Waals surface area contributed by atoms with Crippen LogP contribution in [0.5, 0.6) is 0 Å². The second-order valence-corrected chi connectivity index (χ2v) is 3.95. The van der Waals surface area contributed by atoms with Gasteiger partial charge in [-0.15, -0.1) is 0 Å². The van der Waals surface area contributed by atoms with Crippen LogP contribution in [0.3, 0.4) is 0 Å². The highest BCUT2D eigenvalue weighted by Gasteiger charge is 1.91. The molecular formula is C14H11ClN+. The second-order valence-electron chi connectivity index (χ2n) is 3.51. The van der Waals surface area contributed by atoms with Gasteiger partial charge in [-0.3, -0.25) is 0 Å². The van der Waals surface area contributed by atoms with E-state index in [0.29, 0.717) is 0 Å². The molecule has 0 unspecified atom stereocenters. The van der Waals surface area contributed by atoms with E-state index in [0.717, 1.165) is 16.1 Å². The lowest BCUT2D eigenvalue weighted by Crippen LogP contribution is -2.25. The number of halogens is 1. The molecule has 0 aliphatic heterocycles. The van der Waals surface area contributed by atoms with Gasteiger partial charge in [0.05, 0.1) is 0 Å². The molecule has 1 heterocycles. The van der Waals surface area contributed by atoms with Gasteiger partial charge in [-0.05, 0) is 24.3 Å². The first kappa shape index (κ1) is 10.7. The molecule has 2 heteroatoms. The van der Waals surface area contributed by atoms with Crippen LogP contribution >= 0.6 is 11.6 Å². The molecule has 0 fully saturated rings. The minimum atomic E-state index is 0.734. The van der Waals surface area contributed by atoms with Crippen molar-refractivity contribution in [3.05, 3.63) is 64.9 Å². The van der Waals surface area contributed by atoms with Crippen LogP contribution in [0, 0.1) is 11.8 Å². The summed E-state index contributed by atoms with van der Waals surface area (Å²) in [4.78, 5) is 0. The quantitative estimate of drug-likeness (QED) is 0.482. The summed E-state index contributed by atoms with van der Waals surface area (Å²) < 4.78 is 1.98. The van der Waals surface area contributed by atoms with E-state index in [9.17, 15) is 0 Å². The summed E-state index contributed by atoms with van der Waals surface area (Å²) >= 11 is 5.80. The summed E-state index contributed by atoms with van der Waals surface area (Å²) in [6.07, 6.45) is 3.96. The standard InChI is InChI=1S/C14H11ClN/c1-16-10-8-13(9-11-16)3-2-12-4-6-14(15)7-5-12/h4-11H,1H3/q+1. The van der Waals surface area contributed by atoms with E-state index in [2.05, 4.69) is 11.8 Å². The van der Waals surface area contributed by atoms with Crippen LogP contribution in [0.2, 0.25) is 5.02 Å². The molecule has 0 atom stereocenters. The van der Waals surface area contributed by atoms with Gasteiger partial charge in [0.2, 0.25) is 0 Å². The Morgan fingerprint density at radius 2 is 1.38 bits per heavy atom. The van der Waals surface area contributed by atoms with E-state index >= 15 is 0 Å². The van der Waals surface area contributed by atoms with E-state index in [-0.39, 0.29) is 0 Å². The average molecular weight is 229 g/mol. The van der Waals surface area contributed by atoms with Gasteiger partial charge in [0.25, 0.3) is 0 Å². The Morgan fingerprint density at radius 1 is 0.875 bits per heavy atom. The summed E-state index contributed by atoms with van der Waals surface area (Å²) in [6.45, 7) is 0. The van der Waals surface area contributed by atoms with Gasteiger partial charge in [0.1, 0.15) is 7.05 Å². The van der Waals surface area contributed by atoms with Crippen molar-refractivity contribution in [3.8, 4) is 11.8 Å². The first-order valence-corrected chi connectivity index (χ1v) is 5.35. The molecule has 0 aliphatic rings. The van der Waals surface area contributed by atoms with E-state index in [1.807, 2.05) is 60.4 Å². The number of aromatic nitrogens is 1. The van der Waals surface area contributed by atoms with Gasteiger partial charge in [-0.25, -0.2) is 4.57 Å². The first-order valence-electron chi connectivity index (χ1n) is 4.97. The van der Waals surface area contributed by atoms with Crippen molar-refractivity contribution < 1.29 is 4.57 Å². The molecule has 0 N–H and O–H groups in total. The van der Waals surface area contributed by atoms with E-state index in [1.165, 1.54) is 0 Å². The summed E-state index contributed by atoms with van der Waals surface area (Å²) in [5, 5.41) is 0.734. The molecule has 0 bridgehead atoms. The zero-order valence-electron chi connectivity index (χ0n) is 8.94. The number of nitrogens with zero attached hydrogens (tertiary/aromatic N) is 1. The molecule has 2 rings (SSSR count). The second kappa shape index (κ2) is 4.83. The third kappa shape index (κ3) is 2.85. The lowest BCUT2D eigenvalue weighted by Gasteiger charge is -1.90. The van der Waals surface area contributed by atoms with Gasteiger partial charge in [-0.1, -0.05) is 23.4 Å². The third-order valence-electron chi connectivity index (χ3n) is 2.17. The zero-order valence-corrected chi connectivity index (χ0v) is 9.70. The predicted molar refractivity (Wildman–Crippen MR) is 65.1 cm³/mol. The van der Waals surface area contributed by atoms with Gasteiger partial charge in [0, 0.05) is 28.3 Å². The van der Waals surface area contributed by atoms with Crippen LogP contribution in [0.1, 0.15) is 11.1 Å². The SMILES string of the molecule is C[n+]1ccc(C#Cc2ccc(Cl)cc2)cc1. The van der Waals surface area contributed by atoms with Crippen LogP contribution in [-0.2, 0) is 7.05 Å². The number of benzene rings is 1. The molecule has 0 saturated carbocycles. The molecule has 0 amide bonds. The number of aryl methyl sites for hydroxylation is 1. The van der Waals surface area contributed by atoms with Crippen molar-refractivity contribution in [2.75, 3.05) is 0 Å². The molecule has 0 radical (unpaired) electrons. The van der Waals surface area contributed by atoms with Crippen LogP contribution in [-0.4, -0.2) is 0 Å². The maximum atomic E-state index is 5.80. The van der Waals surface area contributed by atoms with Crippen molar-refractivity contribution in [1.82, 2.24) is 0 Å². The largest absolute Gasteiger partial charge is 0.208 e. The van der Waals surface area contributed by atoms with Crippen molar-refractivity contribution in [1.29, 1.82) is 0 Å². The van der Waals surface area contributed by atoms with Crippen molar-refractivity contribution in [2.24, 2.45) is 7.05 Å². The highest BCUT2D eigenvalue weighted by atomic mass is 35.5. The Morgan fingerprint density at radius 3 is 1.94 bits per heavy atom. The maximum Gasteiger partial charge on any atom is 0.169 e. The van der Waals surface area contributed by atoms with Crippen LogP contribution in [0.25, 0.3) is 0 Å². The number of hydrogen-bond acceptors (Lipinski definition) is 0. The van der Waals surface area contributed by atoms with Gasteiger partial charge >= 0.3 is 0 Å². The molecule has 0 aliphatic carbocycles. The molecule has 0 spiro atoms. The molecule has 2 aromatic rings. The van der Waals surface area contributed by atoms with Crippen LogP contribution < -0.4 is 4.57 Å². The fourth-order valence-electron chi connectivity index (χ4n) is 1.26. The number of pyridine rings is 1. The molecule has 78 valence electrons. The maximum absolute atomic E-state index is 5.80. The monoisotopic (exact) mass is 228 g/mol. The van der Waals surface area contributed by atoms with Crippen molar-refractivity contribution in [3.63, 3.8) is 0 Å². The first-order chi connectivity index (χ1) is 7.74. The molecule has 16 heavy (non-hydrogen) atoms. The topological polar surface area (TPSA) is 3.88 Å². The highest BCUT2D eigenvalue weighted by molar-refractivity contribution is 6.30. The minimum absolute atomic E-state index is 0.734. The third-order valence-corrected chi connectivity index (χ3v) is 2.43. The van der Waals surface area contributed by atoms with Crippen molar-refractivity contribution in [2.45, 2.75) is 0 Å². The lowest BCUT2D eigenvalue weighted by molar-refractivity contribution is -0.671. The highest BCUT2D eigenvalue weighted by Crippen LogP contribution is 2.08. The van der Waals surface area contributed by atoms with Gasteiger partial charge in [0.15, 0.2) is 12.4 Å². The Bertz CT molecular complexity index is 480. The number of hydrogen-bond donors (Lipinski definition) is 0. The minimum Gasteiger partial charge on any atom is -0.208 e. The van der Waals surface area contributed by atoms with Crippen LogP contribution in [0.15, 0.2) is 48.8 Å². The van der Waals surface area contributed by atoms with Crippen LogP contribution in [0.4, 0.5) is 0 Å². The Labute approximate surface area is 100 Å². The van der Waals surface area contributed by atoms with E-state index in [4.69, 9.17) is 11.6 Å². The smallest absolute Gasteiger partial charge is 0.169 e. The summed E-state index contributed by atoms with van der Waals surface area (Å²) in [6, 6.07) is 11.5. The summed E-state index contributed by atoms with van der Waals surface area (Å²) in [5.41, 5.74) is 1.98. The average Bonchev–Trinajstić information content (AvgIpc) is 2.30. The van der Waals surface area contributed by atoms with Gasteiger partial charge in [-0.2, -0.15) is 0 Å². The Kier molecular flexibility index (Phi) is 3.24. The van der Waals surface area contributed by atoms with Crippen molar-refractivity contribution >= 4 is 11.6 Å². The number of rotatable bonds is 0. The summed E-state index contributed by atoms with van der Waals surface area (Å²) in [5.74, 6) is 6.19. The predicted octanol–water partition coefficient (Wildman–Crippen LogP) is 2.56.